The molecular formula is C16H28N2O3. The van der Waals surface area contributed by atoms with Crippen LogP contribution in [0.3, 0.4) is 0 Å². The lowest BCUT2D eigenvalue weighted by Crippen LogP contribution is -2.81. The van der Waals surface area contributed by atoms with E-state index in [0.29, 0.717) is 12.1 Å². The first-order valence-corrected chi connectivity index (χ1v) is 8.05. The Labute approximate surface area is 127 Å². The highest BCUT2D eigenvalue weighted by Gasteiger charge is 2.59. The minimum atomic E-state index is -0.738. The highest BCUT2D eigenvalue weighted by Crippen LogP contribution is 2.48. The maximum Gasteiger partial charge on any atom is 0.254 e. The summed E-state index contributed by atoms with van der Waals surface area (Å²) in [6.07, 6.45) is 0.835. The number of rotatable bonds is 5. The average Bonchev–Trinajstić information content (AvgIpc) is 2.90. The minimum Gasteiger partial charge on any atom is -0.392 e. The van der Waals surface area contributed by atoms with E-state index in [9.17, 15) is 9.90 Å². The third-order valence-electron chi connectivity index (χ3n) is 5.29. The molecule has 1 aliphatic carbocycles. The van der Waals surface area contributed by atoms with Crippen LogP contribution in [0.25, 0.3) is 0 Å². The van der Waals surface area contributed by atoms with E-state index in [1.165, 1.54) is 0 Å². The summed E-state index contributed by atoms with van der Waals surface area (Å²) in [5.74, 6) is 0.106. The number of aliphatic hydroxyl groups is 1. The third kappa shape index (κ3) is 2.49. The van der Waals surface area contributed by atoms with Gasteiger partial charge in [-0.3, -0.25) is 9.69 Å². The summed E-state index contributed by atoms with van der Waals surface area (Å²) in [6.45, 7) is 12.5. The van der Waals surface area contributed by atoms with Crippen LogP contribution in [0.15, 0.2) is 0 Å². The lowest BCUT2D eigenvalue weighted by Gasteiger charge is -2.63. The van der Waals surface area contributed by atoms with Crippen molar-refractivity contribution in [3.05, 3.63) is 0 Å². The van der Waals surface area contributed by atoms with E-state index in [0.717, 1.165) is 26.1 Å². The maximum absolute atomic E-state index is 12.6. The van der Waals surface area contributed by atoms with Crippen LogP contribution < -0.4 is 0 Å². The number of hydrogen-bond donors (Lipinski definition) is 1. The SMILES string of the molecule is CC(C)OC(C)(C)C(=O)N1CC2[C@H]1CN2C[C@]1(C)CC1O. The average molecular weight is 296 g/mol. The van der Waals surface area contributed by atoms with Gasteiger partial charge in [0.1, 0.15) is 5.60 Å². The highest BCUT2D eigenvalue weighted by atomic mass is 16.5. The summed E-state index contributed by atoms with van der Waals surface area (Å²) in [6, 6.07) is 0.848. The lowest BCUT2D eigenvalue weighted by atomic mass is 9.83. The summed E-state index contributed by atoms with van der Waals surface area (Å²) >= 11 is 0. The molecule has 120 valence electrons. The van der Waals surface area contributed by atoms with Gasteiger partial charge >= 0.3 is 0 Å². The molecule has 5 nitrogen and oxygen atoms in total. The molecule has 1 N–H and O–H groups in total. The van der Waals surface area contributed by atoms with E-state index in [-0.39, 0.29) is 23.5 Å². The van der Waals surface area contributed by atoms with Gasteiger partial charge in [-0.1, -0.05) is 6.92 Å². The van der Waals surface area contributed by atoms with Crippen molar-refractivity contribution in [1.82, 2.24) is 9.80 Å². The molecule has 0 spiro atoms. The Hall–Kier alpha value is -0.650. The van der Waals surface area contributed by atoms with Gasteiger partial charge in [0.25, 0.3) is 5.91 Å². The molecule has 3 rings (SSSR count). The standard InChI is InChI=1S/C16H28N2O3/c1-10(2)21-15(3,4)14(20)18-8-11-12(18)7-17(11)9-16(5)6-13(16)19/h10-13,19H,6-9H2,1-5H3/t11?,12-,13?,16+/m1/s1. The zero-order valence-electron chi connectivity index (χ0n) is 13.8. The first-order chi connectivity index (χ1) is 9.64. The third-order valence-corrected chi connectivity index (χ3v) is 5.29. The van der Waals surface area contributed by atoms with Crippen molar-refractivity contribution in [2.24, 2.45) is 5.41 Å². The molecule has 1 saturated carbocycles. The van der Waals surface area contributed by atoms with E-state index in [2.05, 4.69) is 11.8 Å². The van der Waals surface area contributed by atoms with Crippen LogP contribution >= 0.6 is 0 Å². The van der Waals surface area contributed by atoms with Crippen LogP contribution in [0.2, 0.25) is 0 Å². The number of aliphatic hydroxyl groups excluding tert-OH is 1. The van der Waals surface area contributed by atoms with Crippen molar-refractivity contribution >= 4 is 5.91 Å². The number of amides is 1. The van der Waals surface area contributed by atoms with Gasteiger partial charge in [0.05, 0.1) is 18.2 Å². The molecule has 2 aliphatic heterocycles. The van der Waals surface area contributed by atoms with Crippen LogP contribution in [0.1, 0.15) is 41.0 Å². The molecule has 0 aromatic rings. The second-order valence-electron chi connectivity index (χ2n) is 8.07. The summed E-state index contributed by atoms with van der Waals surface area (Å²) in [5, 5.41) is 9.65. The number of carbonyl (C=O) groups excluding carboxylic acids is 1. The van der Waals surface area contributed by atoms with Crippen LogP contribution in [0.5, 0.6) is 0 Å². The normalized spacial score (nSPS) is 38.8. The molecule has 0 aromatic heterocycles. The lowest BCUT2D eigenvalue weighted by molar-refractivity contribution is -0.190. The van der Waals surface area contributed by atoms with Gasteiger partial charge in [-0.2, -0.15) is 0 Å². The molecule has 3 aliphatic rings. The molecule has 1 amide bonds. The predicted octanol–water partition coefficient (Wildman–Crippen LogP) is 0.856. The number of nitrogens with zero attached hydrogens (tertiary/aromatic N) is 2. The Morgan fingerprint density at radius 2 is 2.00 bits per heavy atom. The molecule has 2 saturated heterocycles. The fraction of sp³-hybridized carbons (Fsp3) is 0.938. The second-order valence-corrected chi connectivity index (χ2v) is 8.07. The molecule has 4 atom stereocenters. The van der Waals surface area contributed by atoms with Gasteiger partial charge in [0.15, 0.2) is 0 Å². The van der Waals surface area contributed by atoms with Crippen LogP contribution in [-0.4, -0.2) is 70.3 Å². The van der Waals surface area contributed by atoms with Crippen molar-refractivity contribution < 1.29 is 14.6 Å². The van der Waals surface area contributed by atoms with Gasteiger partial charge in [0, 0.05) is 31.1 Å². The molecule has 2 unspecified atom stereocenters. The number of ether oxygens (including phenoxy) is 1. The van der Waals surface area contributed by atoms with Crippen molar-refractivity contribution in [2.45, 2.75) is 70.9 Å². The summed E-state index contributed by atoms with van der Waals surface area (Å²) in [4.78, 5) is 17.0. The van der Waals surface area contributed by atoms with Gasteiger partial charge in [-0.25, -0.2) is 0 Å². The highest BCUT2D eigenvalue weighted by molar-refractivity contribution is 5.86. The Bertz CT molecular complexity index is 451. The van der Waals surface area contributed by atoms with E-state index in [1.54, 1.807) is 0 Å². The van der Waals surface area contributed by atoms with Crippen molar-refractivity contribution in [1.29, 1.82) is 0 Å². The van der Waals surface area contributed by atoms with E-state index >= 15 is 0 Å². The largest absolute Gasteiger partial charge is 0.392 e. The van der Waals surface area contributed by atoms with Crippen molar-refractivity contribution in [3.63, 3.8) is 0 Å². The maximum atomic E-state index is 12.6. The number of piperazine rings is 1. The fourth-order valence-electron chi connectivity index (χ4n) is 3.76. The van der Waals surface area contributed by atoms with Gasteiger partial charge in [-0.05, 0) is 34.1 Å². The monoisotopic (exact) mass is 296 g/mol. The Morgan fingerprint density at radius 1 is 1.38 bits per heavy atom. The quantitative estimate of drug-likeness (QED) is 0.817. The second kappa shape index (κ2) is 4.67. The number of hydrogen-bond acceptors (Lipinski definition) is 4. The van der Waals surface area contributed by atoms with Crippen molar-refractivity contribution in [2.75, 3.05) is 19.6 Å². The summed E-state index contributed by atoms with van der Waals surface area (Å²) in [7, 11) is 0. The molecule has 0 radical (unpaired) electrons. The Balaban J connectivity index is 1.51. The number of fused-ring (bicyclic) bond motifs is 1. The topological polar surface area (TPSA) is 53.0 Å². The van der Waals surface area contributed by atoms with Crippen LogP contribution in [0, 0.1) is 5.41 Å². The minimum absolute atomic E-state index is 0.0511. The Morgan fingerprint density at radius 3 is 2.43 bits per heavy atom. The smallest absolute Gasteiger partial charge is 0.254 e. The number of carbonyl (C=O) groups is 1. The van der Waals surface area contributed by atoms with Gasteiger partial charge in [0.2, 0.25) is 0 Å². The van der Waals surface area contributed by atoms with Crippen molar-refractivity contribution in [3.8, 4) is 0 Å². The van der Waals surface area contributed by atoms with E-state index in [4.69, 9.17) is 4.74 Å². The predicted molar refractivity (Wildman–Crippen MR) is 79.9 cm³/mol. The first-order valence-electron chi connectivity index (χ1n) is 8.05. The molecule has 0 bridgehead atoms. The van der Waals surface area contributed by atoms with Crippen LogP contribution in [0.4, 0.5) is 0 Å². The molecular weight excluding hydrogens is 268 g/mol. The molecule has 3 fully saturated rings. The van der Waals surface area contributed by atoms with E-state index in [1.807, 2.05) is 32.6 Å². The van der Waals surface area contributed by atoms with Crippen LogP contribution in [-0.2, 0) is 9.53 Å². The first kappa shape index (κ1) is 15.3. The Kier molecular flexibility index (Phi) is 3.39. The molecule has 2 heterocycles. The fourth-order valence-corrected chi connectivity index (χ4v) is 3.76. The van der Waals surface area contributed by atoms with Gasteiger partial charge < -0.3 is 14.7 Å². The summed E-state index contributed by atoms with van der Waals surface area (Å²) < 4.78 is 5.76. The molecule has 5 heteroatoms. The summed E-state index contributed by atoms with van der Waals surface area (Å²) in [5.41, 5.74) is -0.645. The zero-order chi connectivity index (χ0) is 15.6. The molecule has 21 heavy (non-hydrogen) atoms. The zero-order valence-corrected chi connectivity index (χ0v) is 13.8. The van der Waals surface area contributed by atoms with Gasteiger partial charge in [-0.15, -0.1) is 0 Å². The van der Waals surface area contributed by atoms with E-state index < -0.39 is 5.60 Å². The molecule has 0 aromatic carbocycles. The number of likely N-dealkylation sites (tertiary alicyclic amines) is 2.